The van der Waals surface area contributed by atoms with E-state index in [1.54, 1.807) is 22.8 Å². The molecule has 0 saturated carbocycles. The van der Waals surface area contributed by atoms with E-state index < -0.39 is 11.6 Å². The molecule has 0 amide bonds. The average molecular weight is 422 g/mol. The predicted molar refractivity (Wildman–Crippen MR) is 108 cm³/mol. The highest BCUT2D eigenvalue weighted by atomic mass is 35.5. The maximum atomic E-state index is 12.7. The number of hydrogen-bond donors (Lipinski definition) is 2. The minimum absolute atomic E-state index is 0.177. The van der Waals surface area contributed by atoms with Crippen molar-refractivity contribution in [3.8, 4) is 5.75 Å². The van der Waals surface area contributed by atoms with E-state index in [0.717, 1.165) is 16.7 Å². The predicted octanol–water partition coefficient (Wildman–Crippen LogP) is 4.26. The van der Waals surface area contributed by atoms with Gasteiger partial charge in [0.2, 0.25) is 5.43 Å². The van der Waals surface area contributed by atoms with E-state index in [4.69, 9.17) is 28.3 Å². The number of carboxylic acid groups (broad SMARTS) is 1. The molecule has 0 radical (unpaired) electrons. The average Bonchev–Trinajstić information content (AvgIpc) is 2.63. The number of ether oxygens (including phenoxy) is 1. The lowest BCUT2D eigenvalue weighted by molar-refractivity contribution is 0.143. The molecular weight excluding hydrogens is 405 g/mol. The zero-order valence-electron chi connectivity index (χ0n) is 14.9. The first-order valence-electron chi connectivity index (χ1n) is 8.43. The topological polar surface area (TPSA) is 88.8 Å². The number of hydrogen-bond acceptors (Lipinski definition) is 4. The van der Waals surface area contributed by atoms with E-state index in [-0.39, 0.29) is 18.9 Å². The van der Waals surface area contributed by atoms with Gasteiger partial charge in [-0.1, -0.05) is 35.3 Å². The SMILES string of the molecule is Cc1cc2c(cc1Cc1cccc(Cl)c1Cl)c(=O)c(OC(=O)O)cn2CCO. The third-order valence-electron chi connectivity index (χ3n) is 4.46. The van der Waals surface area contributed by atoms with E-state index in [0.29, 0.717) is 27.4 Å². The molecule has 0 unspecified atom stereocenters. The number of aromatic nitrogens is 1. The lowest BCUT2D eigenvalue weighted by atomic mass is 9.98. The summed E-state index contributed by atoms with van der Waals surface area (Å²) in [7, 11) is 0. The summed E-state index contributed by atoms with van der Waals surface area (Å²) in [6.07, 6.45) is 0.164. The highest BCUT2D eigenvalue weighted by molar-refractivity contribution is 6.42. The third kappa shape index (κ3) is 3.99. The number of aliphatic hydroxyl groups excluding tert-OH is 1. The van der Waals surface area contributed by atoms with Crippen LogP contribution in [0.15, 0.2) is 41.3 Å². The van der Waals surface area contributed by atoms with Gasteiger partial charge in [0, 0.05) is 11.9 Å². The van der Waals surface area contributed by atoms with Crippen LogP contribution < -0.4 is 10.2 Å². The number of aryl methyl sites for hydroxylation is 1. The van der Waals surface area contributed by atoms with E-state index in [1.807, 2.05) is 19.1 Å². The smallest absolute Gasteiger partial charge is 0.449 e. The summed E-state index contributed by atoms with van der Waals surface area (Å²) in [5.74, 6) is -0.316. The number of pyridine rings is 1. The first-order valence-corrected chi connectivity index (χ1v) is 9.18. The molecule has 2 aromatic carbocycles. The van der Waals surface area contributed by atoms with Crippen LogP contribution in [0.1, 0.15) is 16.7 Å². The van der Waals surface area contributed by atoms with E-state index in [9.17, 15) is 14.7 Å². The Labute approximate surface area is 170 Å². The molecule has 1 aromatic heterocycles. The van der Waals surface area contributed by atoms with Crippen molar-refractivity contribution in [1.29, 1.82) is 0 Å². The first-order chi connectivity index (χ1) is 13.3. The van der Waals surface area contributed by atoms with Crippen molar-refractivity contribution in [2.45, 2.75) is 19.9 Å². The number of nitrogens with zero attached hydrogens (tertiary/aromatic N) is 1. The molecule has 6 nitrogen and oxygen atoms in total. The van der Waals surface area contributed by atoms with Gasteiger partial charge in [0.05, 0.1) is 28.4 Å². The van der Waals surface area contributed by atoms with Gasteiger partial charge in [0.15, 0.2) is 5.75 Å². The van der Waals surface area contributed by atoms with E-state index in [1.165, 1.54) is 6.20 Å². The molecule has 0 saturated heterocycles. The fraction of sp³-hybridized carbons (Fsp3) is 0.200. The van der Waals surface area contributed by atoms with E-state index in [2.05, 4.69) is 4.74 Å². The Morgan fingerprint density at radius 1 is 1.21 bits per heavy atom. The zero-order chi connectivity index (χ0) is 20.4. The van der Waals surface area contributed by atoms with E-state index >= 15 is 0 Å². The molecule has 0 aliphatic rings. The van der Waals surface area contributed by atoms with Crippen LogP contribution in [-0.4, -0.2) is 27.5 Å². The number of rotatable bonds is 5. The van der Waals surface area contributed by atoms with Crippen molar-refractivity contribution in [2.75, 3.05) is 6.61 Å². The first kappa shape index (κ1) is 20.2. The molecular formula is C20H17Cl2NO5. The highest BCUT2D eigenvalue weighted by Gasteiger charge is 2.16. The summed E-state index contributed by atoms with van der Waals surface area (Å²) >= 11 is 12.4. The molecule has 0 spiro atoms. The molecule has 2 N–H and O–H groups in total. The van der Waals surface area contributed by atoms with Gasteiger partial charge < -0.3 is 19.5 Å². The Morgan fingerprint density at radius 2 is 1.96 bits per heavy atom. The molecule has 0 aliphatic carbocycles. The number of fused-ring (bicyclic) bond motifs is 1. The minimum Gasteiger partial charge on any atom is -0.449 e. The summed E-state index contributed by atoms with van der Waals surface area (Å²) in [6.45, 7) is 1.91. The van der Waals surface area contributed by atoms with Gasteiger partial charge in [-0.25, -0.2) is 4.79 Å². The quantitative estimate of drug-likeness (QED) is 0.600. The van der Waals surface area contributed by atoms with Crippen LogP contribution in [0.4, 0.5) is 4.79 Å². The van der Waals surface area contributed by atoms with Gasteiger partial charge in [0.25, 0.3) is 0 Å². The van der Waals surface area contributed by atoms with Crippen LogP contribution in [-0.2, 0) is 13.0 Å². The fourth-order valence-corrected chi connectivity index (χ4v) is 3.49. The van der Waals surface area contributed by atoms with Gasteiger partial charge in [-0.2, -0.15) is 0 Å². The molecule has 3 aromatic rings. The largest absolute Gasteiger partial charge is 0.511 e. The van der Waals surface area contributed by atoms with Crippen molar-refractivity contribution in [3.63, 3.8) is 0 Å². The lowest BCUT2D eigenvalue weighted by Crippen LogP contribution is -2.17. The van der Waals surface area contributed by atoms with Gasteiger partial charge in [-0.15, -0.1) is 0 Å². The number of carbonyl (C=O) groups is 1. The number of aliphatic hydroxyl groups is 1. The van der Waals surface area contributed by atoms with Crippen molar-refractivity contribution in [3.05, 3.63) is 73.5 Å². The van der Waals surface area contributed by atoms with Crippen LogP contribution in [0.2, 0.25) is 10.0 Å². The molecule has 8 heteroatoms. The maximum Gasteiger partial charge on any atom is 0.511 e. The van der Waals surface area contributed by atoms with Crippen molar-refractivity contribution < 1.29 is 19.7 Å². The van der Waals surface area contributed by atoms with Crippen LogP contribution in [0, 0.1) is 6.92 Å². The molecule has 0 fully saturated rings. The molecule has 0 aliphatic heterocycles. The summed E-state index contributed by atoms with van der Waals surface area (Å²) in [5.41, 5.74) is 2.61. The molecule has 0 bridgehead atoms. The van der Waals surface area contributed by atoms with Crippen molar-refractivity contribution in [2.24, 2.45) is 0 Å². The normalized spacial score (nSPS) is 11.0. The van der Waals surface area contributed by atoms with Gasteiger partial charge >= 0.3 is 6.16 Å². The summed E-state index contributed by atoms with van der Waals surface area (Å²) in [4.78, 5) is 23.7. The second kappa shape index (κ2) is 8.22. The fourth-order valence-electron chi connectivity index (χ4n) is 3.10. The zero-order valence-corrected chi connectivity index (χ0v) is 16.4. The highest BCUT2D eigenvalue weighted by Crippen LogP contribution is 2.29. The molecule has 146 valence electrons. The Hall–Kier alpha value is -2.54. The lowest BCUT2D eigenvalue weighted by Gasteiger charge is -2.15. The summed E-state index contributed by atoms with van der Waals surface area (Å²) < 4.78 is 6.22. The summed E-state index contributed by atoms with van der Waals surface area (Å²) in [6, 6.07) is 8.88. The third-order valence-corrected chi connectivity index (χ3v) is 5.31. The van der Waals surface area contributed by atoms with Gasteiger partial charge in [0.1, 0.15) is 0 Å². The molecule has 1 heterocycles. The molecule has 0 atom stereocenters. The van der Waals surface area contributed by atoms with Crippen LogP contribution in [0.3, 0.4) is 0 Å². The van der Waals surface area contributed by atoms with Gasteiger partial charge in [-0.05, 0) is 48.2 Å². The van der Waals surface area contributed by atoms with Gasteiger partial charge in [-0.3, -0.25) is 4.79 Å². The van der Waals surface area contributed by atoms with Crippen LogP contribution >= 0.6 is 23.2 Å². The Balaban J connectivity index is 2.19. The Kier molecular flexibility index (Phi) is 5.93. The molecule has 28 heavy (non-hydrogen) atoms. The second-order valence-corrected chi connectivity index (χ2v) is 7.08. The second-order valence-electron chi connectivity index (χ2n) is 6.29. The Morgan fingerprint density at radius 3 is 2.64 bits per heavy atom. The standard InChI is InChI=1S/C20H17Cl2NO5/c1-11-7-16-14(9-13(11)8-12-3-2-4-15(21)18(12)22)19(25)17(28-20(26)27)10-23(16)5-6-24/h2-4,7,9-10,24H,5-6,8H2,1H3,(H,26,27). The van der Waals surface area contributed by atoms with Crippen molar-refractivity contribution >= 4 is 40.3 Å². The monoisotopic (exact) mass is 421 g/mol. The van der Waals surface area contributed by atoms with Crippen molar-refractivity contribution in [1.82, 2.24) is 4.57 Å². The maximum absolute atomic E-state index is 12.7. The molecule has 3 rings (SSSR count). The number of benzene rings is 2. The number of halogens is 2. The minimum atomic E-state index is -1.58. The summed E-state index contributed by atoms with van der Waals surface area (Å²) in [5, 5.41) is 19.4. The van der Waals surface area contributed by atoms with Crippen LogP contribution in [0.25, 0.3) is 10.9 Å². The van der Waals surface area contributed by atoms with Crippen LogP contribution in [0.5, 0.6) is 5.75 Å². The Bertz CT molecular complexity index is 1120.